The molecule has 0 aliphatic heterocycles. The van der Waals surface area contributed by atoms with Crippen LogP contribution in [0.3, 0.4) is 0 Å². The highest BCUT2D eigenvalue weighted by atomic mass is 35.5. The SMILES string of the molecule is Cn1c(SCC(=O)N(CCC#N)Cc2ccco2)nnc1-c1ccccc1Cl. The summed E-state index contributed by atoms with van der Waals surface area (Å²) >= 11 is 7.53. The number of hydrogen-bond acceptors (Lipinski definition) is 6. The Hall–Kier alpha value is -2.76. The zero-order valence-corrected chi connectivity index (χ0v) is 16.8. The number of rotatable bonds is 8. The molecule has 2 heterocycles. The van der Waals surface area contributed by atoms with Crippen molar-refractivity contribution in [2.75, 3.05) is 12.3 Å². The van der Waals surface area contributed by atoms with Crippen molar-refractivity contribution in [3.05, 3.63) is 53.4 Å². The number of carbonyl (C=O) groups excluding carboxylic acids is 1. The van der Waals surface area contributed by atoms with E-state index in [4.69, 9.17) is 21.3 Å². The third-order valence-electron chi connectivity index (χ3n) is 4.05. The first-order chi connectivity index (χ1) is 13.6. The second-order valence-electron chi connectivity index (χ2n) is 5.94. The van der Waals surface area contributed by atoms with Gasteiger partial charge in [-0.25, -0.2) is 0 Å². The van der Waals surface area contributed by atoms with Gasteiger partial charge in [0.15, 0.2) is 11.0 Å². The van der Waals surface area contributed by atoms with E-state index in [1.807, 2.05) is 29.8 Å². The number of benzene rings is 1. The van der Waals surface area contributed by atoms with Gasteiger partial charge in [0.25, 0.3) is 0 Å². The molecule has 0 radical (unpaired) electrons. The molecule has 0 saturated heterocycles. The maximum atomic E-state index is 12.7. The molecule has 28 heavy (non-hydrogen) atoms. The monoisotopic (exact) mass is 415 g/mol. The van der Waals surface area contributed by atoms with Crippen molar-refractivity contribution in [3.8, 4) is 17.5 Å². The van der Waals surface area contributed by atoms with Crippen LogP contribution >= 0.6 is 23.4 Å². The molecule has 2 aromatic heterocycles. The Balaban J connectivity index is 1.67. The van der Waals surface area contributed by atoms with Crippen molar-refractivity contribution in [1.29, 1.82) is 5.26 Å². The number of carbonyl (C=O) groups is 1. The summed E-state index contributed by atoms with van der Waals surface area (Å²) in [5.41, 5.74) is 0.783. The van der Waals surface area contributed by atoms with Gasteiger partial charge in [-0.15, -0.1) is 10.2 Å². The van der Waals surface area contributed by atoms with E-state index < -0.39 is 0 Å². The number of nitrogens with zero attached hydrogens (tertiary/aromatic N) is 5. The van der Waals surface area contributed by atoms with Gasteiger partial charge in [0.05, 0.1) is 36.1 Å². The van der Waals surface area contributed by atoms with Gasteiger partial charge in [0, 0.05) is 19.2 Å². The van der Waals surface area contributed by atoms with Gasteiger partial charge < -0.3 is 13.9 Å². The van der Waals surface area contributed by atoms with E-state index in [1.165, 1.54) is 11.8 Å². The summed E-state index contributed by atoms with van der Waals surface area (Å²) in [5, 5.41) is 18.4. The van der Waals surface area contributed by atoms with Crippen LogP contribution in [0, 0.1) is 11.3 Å². The summed E-state index contributed by atoms with van der Waals surface area (Å²) in [7, 11) is 1.84. The Labute approximate surface area is 171 Å². The predicted molar refractivity (Wildman–Crippen MR) is 107 cm³/mol. The Bertz CT molecular complexity index is 981. The molecule has 0 fully saturated rings. The number of aromatic nitrogens is 3. The summed E-state index contributed by atoms with van der Waals surface area (Å²) in [4.78, 5) is 14.3. The van der Waals surface area contributed by atoms with Crippen LogP contribution in [0.4, 0.5) is 0 Å². The largest absolute Gasteiger partial charge is 0.467 e. The molecule has 3 rings (SSSR count). The average Bonchev–Trinajstić information content (AvgIpc) is 3.33. The number of hydrogen-bond donors (Lipinski definition) is 0. The molecule has 0 aliphatic carbocycles. The fraction of sp³-hybridized carbons (Fsp3) is 0.263. The third kappa shape index (κ3) is 4.74. The van der Waals surface area contributed by atoms with E-state index in [0.717, 1.165) is 5.56 Å². The average molecular weight is 416 g/mol. The zero-order chi connectivity index (χ0) is 19.9. The molecular weight excluding hydrogens is 398 g/mol. The third-order valence-corrected chi connectivity index (χ3v) is 5.38. The van der Waals surface area contributed by atoms with Crippen molar-refractivity contribution in [1.82, 2.24) is 19.7 Å². The van der Waals surface area contributed by atoms with Crippen LogP contribution in [-0.2, 0) is 18.4 Å². The Kier molecular flexibility index (Phi) is 6.74. The standard InChI is InChI=1S/C19H18ClN5O2S/c1-24-18(15-7-2-3-8-16(15)20)22-23-19(24)28-13-17(26)25(10-5-9-21)12-14-6-4-11-27-14/h2-4,6-8,11H,5,10,12-13H2,1H3. The minimum absolute atomic E-state index is 0.0982. The van der Waals surface area contributed by atoms with Gasteiger partial charge in [0.2, 0.25) is 5.91 Å². The van der Waals surface area contributed by atoms with Crippen molar-refractivity contribution in [3.63, 3.8) is 0 Å². The first kappa shape index (κ1) is 20.0. The van der Waals surface area contributed by atoms with Crippen LogP contribution in [0.15, 0.2) is 52.2 Å². The molecule has 3 aromatic rings. The minimum Gasteiger partial charge on any atom is -0.467 e. The quantitative estimate of drug-likeness (QED) is 0.520. The van der Waals surface area contributed by atoms with Crippen LogP contribution in [0.1, 0.15) is 12.2 Å². The second-order valence-corrected chi connectivity index (χ2v) is 7.29. The van der Waals surface area contributed by atoms with E-state index in [1.54, 1.807) is 29.4 Å². The van der Waals surface area contributed by atoms with Crippen LogP contribution in [-0.4, -0.2) is 37.9 Å². The highest BCUT2D eigenvalue weighted by Crippen LogP contribution is 2.28. The first-order valence-electron chi connectivity index (χ1n) is 8.54. The summed E-state index contributed by atoms with van der Waals surface area (Å²) in [6.07, 6.45) is 1.82. The van der Waals surface area contributed by atoms with E-state index >= 15 is 0 Å². The fourth-order valence-electron chi connectivity index (χ4n) is 2.60. The van der Waals surface area contributed by atoms with Crippen LogP contribution in [0.2, 0.25) is 5.02 Å². The highest BCUT2D eigenvalue weighted by Gasteiger charge is 2.18. The lowest BCUT2D eigenvalue weighted by Crippen LogP contribution is -2.32. The molecular formula is C19H18ClN5O2S. The van der Waals surface area contributed by atoms with Gasteiger partial charge in [0.1, 0.15) is 5.76 Å². The number of nitriles is 1. The molecule has 1 amide bonds. The molecule has 144 valence electrons. The van der Waals surface area contributed by atoms with E-state index in [9.17, 15) is 4.79 Å². The fourth-order valence-corrected chi connectivity index (χ4v) is 3.64. The number of furan rings is 1. The van der Waals surface area contributed by atoms with Crippen molar-refractivity contribution in [2.24, 2.45) is 7.05 Å². The highest BCUT2D eigenvalue weighted by molar-refractivity contribution is 7.99. The summed E-state index contributed by atoms with van der Waals surface area (Å²) in [6.45, 7) is 0.679. The lowest BCUT2D eigenvalue weighted by Gasteiger charge is -2.20. The van der Waals surface area contributed by atoms with E-state index in [0.29, 0.717) is 34.9 Å². The van der Waals surface area contributed by atoms with Crippen molar-refractivity contribution in [2.45, 2.75) is 18.1 Å². The lowest BCUT2D eigenvalue weighted by atomic mass is 10.2. The normalized spacial score (nSPS) is 10.6. The molecule has 0 aliphatic rings. The van der Waals surface area contributed by atoms with Gasteiger partial charge >= 0.3 is 0 Å². The molecule has 0 unspecified atom stereocenters. The predicted octanol–water partition coefficient (Wildman–Crippen LogP) is 3.76. The number of thioether (sulfide) groups is 1. The van der Waals surface area contributed by atoms with Crippen LogP contribution in [0.25, 0.3) is 11.4 Å². The second kappa shape index (κ2) is 9.44. The smallest absolute Gasteiger partial charge is 0.233 e. The number of halogens is 1. The van der Waals surface area contributed by atoms with E-state index in [-0.39, 0.29) is 18.1 Å². The Morgan fingerprint density at radius 1 is 1.32 bits per heavy atom. The Morgan fingerprint density at radius 3 is 2.86 bits per heavy atom. The minimum atomic E-state index is -0.0982. The van der Waals surface area contributed by atoms with Crippen LogP contribution < -0.4 is 0 Å². The van der Waals surface area contributed by atoms with Gasteiger partial charge in [-0.1, -0.05) is 35.5 Å². The van der Waals surface area contributed by atoms with Gasteiger partial charge in [-0.05, 0) is 24.3 Å². The molecule has 7 nitrogen and oxygen atoms in total. The maximum absolute atomic E-state index is 12.7. The molecule has 1 aromatic carbocycles. The molecule has 0 saturated carbocycles. The molecule has 9 heteroatoms. The topological polar surface area (TPSA) is 88.0 Å². The lowest BCUT2D eigenvalue weighted by molar-refractivity contribution is -0.129. The van der Waals surface area contributed by atoms with Gasteiger partial charge in [-0.2, -0.15) is 5.26 Å². The number of amides is 1. The summed E-state index contributed by atoms with van der Waals surface area (Å²) < 4.78 is 7.13. The van der Waals surface area contributed by atoms with Crippen molar-refractivity contribution >= 4 is 29.3 Å². The maximum Gasteiger partial charge on any atom is 0.233 e. The van der Waals surface area contributed by atoms with E-state index in [2.05, 4.69) is 16.3 Å². The summed E-state index contributed by atoms with van der Waals surface area (Å²) in [5.74, 6) is 1.40. The summed E-state index contributed by atoms with van der Waals surface area (Å²) in [6, 6.07) is 13.1. The van der Waals surface area contributed by atoms with Gasteiger partial charge in [-0.3, -0.25) is 4.79 Å². The zero-order valence-electron chi connectivity index (χ0n) is 15.2. The molecule has 0 atom stereocenters. The first-order valence-corrected chi connectivity index (χ1v) is 9.90. The van der Waals surface area contributed by atoms with Crippen LogP contribution in [0.5, 0.6) is 0 Å². The molecule has 0 bridgehead atoms. The van der Waals surface area contributed by atoms with Crippen molar-refractivity contribution < 1.29 is 9.21 Å². The molecule has 0 spiro atoms. The molecule has 0 N–H and O–H groups in total. The Morgan fingerprint density at radius 2 is 2.14 bits per heavy atom.